The zero-order valence-corrected chi connectivity index (χ0v) is 10.0. The lowest BCUT2D eigenvalue weighted by atomic mass is 10.0. The normalized spacial score (nSPS) is 15.9. The van der Waals surface area contributed by atoms with Crippen molar-refractivity contribution in [1.29, 1.82) is 0 Å². The fourth-order valence-electron chi connectivity index (χ4n) is 1.27. The number of likely N-dealkylation sites (N-methyl/N-ethyl adjacent to an activating group) is 1. The van der Waals surface area contributed by atoms with E-state index in [0.717, 1.165) is 0 Å². The van der Waals surface area contributed by atoms with Crippen LogP contribution < -0.4 is 5.32 Å². The molecule has 98 valence electrons. The maximum atomic E-state index is 12.0. The molecule has 0 aromatic carbocycles. The topological polar surface area (TPSA) is 51.0 Å². The molecule has 1 aromatic heterocycles. The minimum absolute atomic E-state index is 0.0351. The lowest BCUT2D eigenvalue weighted by Gasteiger charge is -2.14. The quantitative estimate of drug-likeness (QED) is 0.872. The van der Waals surface area contributed by atoms with E-state index in [1.807, 2.05) is 13.8 Å². The van der Waals surface area contributed by atoms with E-state index >= 15 is 0 Å². The molecule has 0 saturated heterocycles. The molecule has 0 amide bonds. The Labute approximate surface area is 97.6 Å². The van der Waals surface area contributed by atoms with Crippen LogP contribution in [0, 0.1) is 0 Å². The van der Waals surface area contributed by atoms with Crippen molar-refractivity contribution in [1.82, 2.24) is 15.5 Å². The first kappa shape index (κ1) is 14.0. The first-order valence-electron chi connectivity index (χ1n) is 5.40. The van der Waals surface area contributed by atoms with Crippen molar-refractivity contribution < 1.29 is 17.7 Å². The summed E-state index contributed by atoms with van der Waals surface area (Å²) in [6, 6.07) is 0.117. The molecule has 0 fully saturated rings. The smallest absolute Gasteiger partial charge is 0.339 e. The Morgan fingerprint density at radius 3 is 2.53 bits per heavy atom. The molecule has 0 aliphatic carbocycles. The first-order valence-corrected chi connectivity index (χ1v) is 5.40. The standard InChI is InChI=1S/C10H16F3N3O/c1-6(7(2)14-3)9-15-8(16-17-9)4-5-10(11,12)13/h6-7,14H,4-5H2,1-3H3. The Hall–Kier alpha value is -1.11. The molecule has 0 spiro atoms. The van der Waals surface area contributed by atoms with E-state index in [-0.39, 0.29) is 24.2 Å². The number of aromatic nitrogens is 2. The Morgan fingerprint density at radius 1 is 1.35 bits per heavy atom. The van der Waals surface area contributed by atoms with Gasteiger partial charge in [-0.2, -0.15) is 18.2 Å². The number of hydrogen-bond acceptors (Lipinski definition) is 4. The van der Waals surface area contributed by atoms with Crippen LogP contribution in [0.15, 0.2) is 4.52 Å². The summed E-state index contributed by atoms with van der Waals surface area (Å²) in [5, 5.41) is 6.56. The van der Waals surface area contributed by atoms with E-state index in [2.05, 4.69) is 15.5 Å². The highest BCUT2D eigenvalue weighted by Gasteiger charge is 2.28. The molecular weight excluding hydrogens is 235 g/mol. The van der Waals surface area contributed by atoms with Crippen LogP contribution in [-0.2, 0) is 6.42 Å². The van der Waals surface area contributed by atoms with Crippen molar-refractivity contribution >= 4 is 0 Å². The van der Waals surface area contributed by atoms with Crippen LogP contribution >= 0.6 is 0 Å². The molecule has 0 aliphatic heterocycles. The number of nitrogens with one attached hydrogen (secondary N) is 1. The zero-order chi connectivity index (χ0) is 13.1. The summed E-state index contributed by atoms with van der Waals surface area (Å²) >= 11 is 0. The molecule has 0 bridgehead atoms. The monoisotopic (exact) mass is 251 g/mol. The third kappa shape index (κ3) is 4.33. The van der Waals surface area contributed by atoms with Crippen LogP contribution in [0.5, 0.6) is 0 Å². The molecule has 1 aromatic rings. The predicted octanol–water partition coefficient (Wildman–Crippen LogP) is 2.28. The van der Waals surface area contributed by atoms with E-state index in [1.165, 1.54) is 0 Å². The third-order valence-corrected chi connectivity index (χ3v) is 2.71. The molecule has 4 nitrogen and oxygen atoms in total. The minimum atomic E-state index is -4.19. The number of alkyl halides is 3. The second-order valence-electron chi connectivity index (χ2n) is 4.03. The van der Waals surface area contributed by atoms with E-state index in [9.17, 15) is 13.2 Å². The summed E-state index contributed by atoms with van der Waals surface area (Å²) in [4.78, 5) is 3.96. The largest absolute Gasteiger partial charge is 0.389 e. The van der Waals surface area contributed by atoms with Crippen LogP contribution in [0.25, 0.3) is 0 Å². The van der Waals surface area contributed by atoms with E-state index in [4.69, 9.17) is 4.52 Å². The maximum Gasteiger partial charge on any atom is 0.389 e. The number of rotatable bonds is 5. The van der Waals surface area contributed by atoms with Gasteiger partial charge in [0, 0.05) is 12.5 Å². The van der Waals surface area contributed by atoms with Gasteiger partial charge in [-0.3, -0.25) is 0 Å². The molecule has 17 heavy (non-hydrogen) atoms. The average Bonchev–Trinajstić information content (AvgIpc) is 2.72. The van der Waals surface area contributed by atoms with Crippen LogP contribution in [0.1, 0.15) is 37.9 Å². The van der Waals surface area contributed by atoms with Gasteiger partial charge in [-0.15, -0.1) is 0 Å². The summed E-state index contributed by atoms with van der Waals surface area (Å²) < 4.78 is 40.9. The van der Waals surface area contributed by atoms with Gasteiger partial charge in [0.15, 0.2) is 5.82 Å². The first-order chi connectivity index (χ1) is 7.83. The van der Waals surface area contributed by atoms with E-state index < -0.39 is 12.6 Å². The zero-order valence-electron chi connectivity index (χ0n) is 10.0. The van der Waals surface area contributed by atoms with Gasteiger partial charge in [0.1, 0.15) is 0 Å². The van der Waals surface area contributed by atoms with Gasteiger partial charge in [0.25, 0.3) is 0 Å². The number of hydrogen-bond donors (Lipinski definition) is 1. The summed E-state index contributed by atoms with van der Waals surface area (Å²) in [6.07, 6.45) is -5.36. The highest BCUT2D eigenvalue weighted by molar-refractivity contribution is 4.96. The lowest BCUT2D eigenvalue weighted by Crippen LogP contribution is -2.27. The molecular formula is C10H16F3N3O. The molecule has 2 atom stereocenters. The van der Waals surface area contributed by atoms with Crippen LogP contribution in [-0.4, -0.2) is 29.4 Å². The molecule has 7 heteroatoms. The molecule has 2 unspecified atom stereocenters. The Bertz CT molecular complexity index is 351. The minimum Gasteiger partial charge on any atom is -0.339 e. The van der Waals surface area contributed by atoms with Gasteiger partial charge in [-0.25, -0.2) is 0 Å². The lowest BCUT2D eigenvalue weighted by molar-refractivity contribution is -0.134. The second-order valence-corrected chi connectivity index (χ2v) is 4.03. The second kappa shape index (κ2) is 5.48. The Morgan fingerprint density at radius 2 is 2.00 bits per heavy atom. The molecule has 1 heterocycles. The molecule has 1 rings (SSSR count). The van der Waals surface area contributed by atoms with Crippen molar-refractivity contribution in [3.05, 3.63) is 11.7 Å². The maximum absolute atomic E-state index is 12.0. The summed E-state index contributed by atoms with van der Waals surface area (Å²) in [5.74, 6) is 0.434. The predicted molar refractivity (Wildman–Crippen MR) is 55.6 cm³/mol. The van der Waals surface area contributed by atoms with Crippen molar-refractivity contribution in [2.75, 3.05) is 7.05 Å². The molecule has 0 saturated carbocycles. The Kier molecular flexibility index (Phi) is 4.50. The van der Waals surface area contributed by atoms with Gasteiger partial charge in [0.05, 0.1) is 12.3 Å². The van der Waals surface area contributed by atoms with E-state index in [0.29, 0.717) is 5.89 Å². The van der Waals surface area contributed by atoms with E-state index in [1.54, 1.807) is 7.05 Å². The average molecular weight is 251 g/mol. The van der Waals surface area contributed by atoms with Crippen molar-refractivity contribution in [2.24, 2.45) is 0 Å². The number of halogens is 3. The number of aryl methyl sites for hydroxylation is 1. The molecule has 0 radical (unpaired) electrons. The molecule has 1 N–H and O–H groups in total. The van der Waals surface area contributed by atoms with Crippen LogP contribution in [0.2, 0.25) is 0 Å². The van der Waals surface area contributed by atoms with Gasteiger partial charge in [0.2, 0.25) is 5.89 Å². The fraction of sp³-hybridized carbons (Fsp3) is 0.800. The molecule has 0 aliphatic rings. The van der Waals surface area contributed by atoms with Crippen molar-refractivity contribution in [2.45, 2.75) is 44.8 Å². The van der Waals surface area contributed by atoms with Crippen LogP contribution in [0.3, 0.4) is 0 Å². The summed E-state index contributed by atoms with van der Waals surface area (Å²) in [6.45, 7) is 3.81. The van der Waals surface area contributed by atoms with Gasteiger partial charge in [-0.05, 0) is 14.0 Å². The van der Waals surface area contributed by atoms with Gasteiger partial charge in [-0.1, -0.05) is 12.1 Å². The van der Waals surface area contributed by atoms with Crippen LogP contribution in [0.4, 0.5) is 13.2 Å². The van der Waals surface area contributed by atoms with Gasteiger partial charge >= 0.3 is 6.18 Å². The van der Waals surface area contributed by atoms with Crippen molar-refractivity contribution in [3.63, 3.8) is 0 Å². The number of nitrogens with zero attached hydrogens (tertiary/aromatic N) is 2. The summed E-state index contributed by atoms with van der Waals surface area (Å²) in [7, 11) is 1.79. The summed E-state index contributed by atoms with van der Waals surface area (Å²) in [5.41, 5.74) is 0. The third-order valence-electron chi connectivity index (χ3n) is 2.71. The van der Waals surface area contributed by atoms with Gasteiger partial charge < -0.3 is 9.84 Å². The Balaban J connectivity index is 2.59. The fourth-order valence-corrected chi connectivity index (χ4v) is 1.27. The highest BCUT2D eigenvalue weighted by Crippen LogP contribution is 2.22. The highest BCUT2D eigenvalue weighted by atomic mass is 19.4. The van der Waals surface area contributed by atoms with Crippen molar-refractivity contribution in [3.8, 4) is 0 Å². The SMILES string of the molecule is CNC(C)C(C)c1nc(CCC(F)(F)F)no1.